The fraction of sp³-hybridized carbons (Fsp3) is 0.333. The molecule has 1 aliphatic heterocycles. The maximum Gasteiger partial charge on any atom is 0.251 e. The van der Waals surface area contributed by atoms with Gasteiger partial charge in [0, 0.05) is 30.5 Å². The third kappa shape index (κ3) is 3.54. The maximum atomic E-state index is 12.1. The highest BCUT2D eigenvalue weighted by Crippen LogP contribution is 2.13. The van der Waals surface area contributed by atoms with Gasteiger partial charge < -0.3 is 9.88 Å². The number of aromatic nitrogens is 2. The topological polar surface area (TPSA) is 81.1 Å². The minimum Gasteiger partial charge on any atom is -0.348 e. The Bertz CT molecular complexity index is 752. The molecule has 0 bridgehead atoms. The van der Waals surface area contributed by atoms with Crippen molar-refractivity contribution in [3.8, 4) is 0 Å². The average Bonchev–Trinajstić information content (AvgIpc) is 3.09. The predicted octanol–water partition coefficient (Wildman–Crippen LogP) is 0.848. The maximum absolute atomic E-state index is 12.1. The van der Waals surface area contributed by atoms with E-state index in [9.17, 15) is 13.2 Å². The molecule has 2 aromatic rings. The van der Waals surface area contributed by atoms with Gasteiger partial charge in [0.25, 0.3) is 5.91 Å². The number of carbonyl (C=O) groups is 1. The summed E-state index contributed by atoms with van der Waals surface area (Å²) in [6.07, 6.45) is 5.83. The van der Waals surface area contributed by atoms with Crippen LogP contribution >= 0.6 is 0 Å². The van der Waals surface area contributed by atoms with Gasteiger partial charge >= 0.3 is 0 Å². The monoisotopic (exact) mass is 319 g/mol. The summed E-state index contributed by atoms with van der Waals surface area (Å²) in [6, 6.07) is 7.01. The molecule has 1 aliphatic rings. The Morgan fingerprint density at radius 2 is 2.09 bits per heavy atom. The molecule has 1 aromatic carbocycles. The van der Waals surface area contributed by atoms with Crippen molar-refractivity contribution in [3.63, 3.8) is 0 Å². The Hall–Kier alpha value is -2.15. The van der Waals surface area contributed by atoms with E-state index in [0.717, 1.165) is 5.56 Å². The molecule has 7 heteroatoms. The highest BCUT2D eigenvalue weighted by molar-refractivity contribution is 7.91. The van der Waals surface area contributed by atoms with Gasteiger partial charge in [0.1, 0.15) is 0 Å². The van der Waals surface area contributed by atoms with Crippen LogP contribution in [0, 0.1) is 0 Å². The Balaban J connectivity index is 1.61. The molecular weight excluding hydrogens is 302 g/mol. The molecule has 116 valence electrons. The summed E-state index contributed by atoms with van der Waals surface area (Å²) >= 11 is 0. The molecule has 1 atom stereocenters. The van der Waals surface area contributed by atoms with E-state index >= 15 is 0 Å². The van der Waals surface area contributed by atoms with E-state index in [2.05, 4.69) is 10.3 Å². The number of hydrogen-bond acceptors (Lipinski definition) is 4. The van der Waals surface area contributed by atoms with E-state index in [1.165, 1.54) is 0 Å². The number of benzene rings is 1. The van der Waals surface area contributed by atoms with Gasteiger partial charge in [0.05, 0.1) is 17.8 Å². The number of amides is 1. The van der Waals surface area contributed by atoms with E-state index in [-0.39, 0.29) is 23.5 Å². The van der Waals surface area contributed by atoms with Gasteiger partial charge in [-0.05, 0) is 24.1 Å². The molecule has 1 N–H and O–H groups in total. The Labute approximate surface area is 129 Å². The van der Waals surface area contributed by atoms with Crippen LogP contribution in [0.15, 0.2) is 43.0 Å². The molecule has 0 aliphatic carbocycles. The first-order chi connectivity index (χ1) is 10.5. The number of hydrogen-bond donors (Lipinski definition) is 1. The van der Waals surface area contributed by atoms with Crippen molar-refractivity contribution in [1.29, 1.82) is 0 Å². The highest BCUT2D eigenvalue weighted by Gasteiger charge is 2.29. The van der Waals surface area contributed by atoms with E-state index in [0.29, 0.717) is 18.5 Å². The number of rotatable bonds is 4. The summed E-state index contributed by atoms with van der Waals surface area (Å²) in [5.41, 5.74) is 1.61. The summed E-state index contributed by atoms with van der Waals surface area (Å²) in [5.74, 6) is -0.0320. The molecule has 0 unspecified atom stereocenters. The molecule has 1 saturated heterocycles. The highest BCUT2D eigenvalue weighted by atomic mass is 32.2. The zero-order valence-corrected chi connectivity index (χ0v) is 12.8. The lowest BCUT2D eigenvalue weighted by Gasteiger charge is -2.11. The Morgan fingerprint density at radius 1 is 1.32 bits per heavy atom. The summed E-state index contributed by atoms with van der Waals surface area (Å²) < 4.78 is 24.7. The van der Waals surface area contributed by atoms with Crippen LogP contribution in [0.5, 0.6) is 0 Å². The molecule has 0 spiro atoms. The van der Waals surface area contributed by atoms with Crippen LogP contribution in [0.4, 0.5) is 0 Å². The smallest absolute Gasteiger partial charge is 0.251 e. The molecule has 3 rings (SSSR count). The average molecular weight is 319 g/mol. The number of carbonyl (C=O) groups excluding carboxylic acids is 1. The van der Waals surface area contributed by atoms with Gasteiger partial charge in [-0.1, -0.05) is 12.1 Å². The van der Waals surface area contributed by atoms with Gasteiger partial charge in [-0.2, -0.15) is 0 Å². The number of sulfone groups is 1. The third-order valence-corrected chi connectivity index (χ3v) is 5.48. The molecule has 1 amide bonds. The van der Waals surface area contributed by atoms with E-state index < -0.39 is 9.84 Å². The molecule has 0 radical (unpaired) electrons. The van der Waals surface area contributed by atoms with E-state index in [1.807, 2.05) is 22.9 Å². The second kappa shape index (κ2) is 5.92. The molecule has 22 heavy (non-hydrogen) atoms. The van der Waals surface area contributed by atoms with E-state index in [4.69, 9.17) is 0 Å². The number of nitrogens with one attached hydrogen (secondary N) is 1. The lowest BCUT2D eigenvalue weighted by Crippen LogP contribution is -2.35. The van der Waals surface area contributed by atoms with Crippen molar-refractivity contribution in [2.24, 2.45) is 0 Å². The van der Waals surface area contributed by atoms with Crippen LogP contribution < -0.4 is 5.32 Å². The first-order valence-corrected chi connectivity index (χ1v) is 8.90. The lowest BCUT2D eigenvalue weighted by molar-refractivity contribution is 0.0941. The molecule has 0 saturated carbocycles. The van der Waals surface area contributed by atoms with Crippen molar-refractivity contribution >= 4 is 15.7 Å². The Morgan fingerprint density at radius 3 is 2.68 bits per heavy atom. The van der Waals surface area contributed by atoms with Crippen molar-refractivity contribution in [3.05, 3.63) is 54.1 Å². The molecule has 6 nitrogen and oxygen atoms in total. The molecular formula is C15H17N3O3S. The van der Waals surface area contributed by atoms with Gasteiger partial charge in [-0.3, -0.25) is 4.79 Å². The lowest BCUT2D eigenvalue weighted by atomic mass is 10.1. The fourth-order valence-corrected chi connectivity index (χ4v) is 4.20. The second-order valence-corrected chi connectivity index (χ2v) is 7.73. The normalized spacial score (nSPS) is 19.9. The number of nitrogens with zero attached hydrogens (tertiary/aromatic N) is 2. The zero-order valence-electron chi connectivity index (χ0n) is 12.0. The summed E-state index contributed by atoms with van der Waals surface area (Å²) in [6.45, 7) is 0.697. The van der Waals surface area contributed by atoms with Crippen molar-refractivity contribution in [2.75, 3.05) is 11.5 Å². The van der Waals surface area contributed by atoms with E-state index in [1.54, 1.807) is 24.7 Å². The quantitative estimate of drug-likeness (QED) is 0.906. The number of imidazole rings is 1. The van der Waals surface area contributed by atoms with Gasteiger partial charge in [-0.25, -0.2) is 13.4 Å². The van der Waals surface area contributed by atoms with Crippen LogP contribution in [0.2, 0.25) is 0 Å². The largest absolute Gasteiger partial charge is 0.348 e. The zero-order chi connectivity index (χ0) is 15.6. The van der Waals surface area contributed by atoms with Crippen LogP contribution in [-0.2, 0) is 16.4 Å². The third-order valence-electron chi connectivity index (χ3n) is 3.71. The minimum atomic E-state index is -2.98. The van der Waals surface area contributed by atoms with Crippen molar-refractivity contribution in [2.45, 2.75) is 19.0 Å². The fourth-order valence-electron chi connectivity index (χ4n) is 2.53. The van der Waals surface area contributed by atoms with Gasteiger partial charge in [0.15, 0.2) is 9.84 Å². The second-order valence-electron chi connectivity index (χ2n) is 5.51. The van der Waals surface area contributed by atoms with Crippen LogP contribution in [0.3, 0.4) is 0 Å². The van der Waals surface area contributed by atoms with Gasteiger partial charge in [-0.15, -0.1) is 0 Å². The van der Waals surface area contributed by atoms with Crippen molar-refractivity contribution < 1.29 is 13.2 Å². The van der Waals surface area contributed by atoms with Crippen molar-refractivity contribution in [1.82, 2.24) is 14.9 Å². The van der Waals surface area contributed by atoms with Gasteiger partial charge in [0.2, 0.25) is 0 Å². The van der Waals surface area contributed by atoms with Crippen LogP contribution in [0.1, 0.15) is 22.3 Å². The summed E-state index contributed by atoms with van der Waals surface area (Å²) in [5, 5.41) is 2.78. The minimum absolute atomic E-state index is 0.0391. The first kappa shape index (κ1) is 14.8. The standard InChI is InChI=1S/C15H17N3O3S/c19-15(17-14-5-8-22(20,21)10-14)13-3-1-12(2-4-13)9-18-7-6-16-11-18/h1-4,6-7,11,14H,5,8-10H2,(H,17,19)/t14-/m0/s1. The molecule has 1 aromatic heterocycles. The SMILES string of the molecule is O=C(N[C@H]1CCS(=O)(=O)C1)c1ccc(Cn2ccnc2)cc1. The predicted molar refractivity (Wildman–Crippen MR) is 82.3 cm³/mol. The summed E-state index contributed by atoms with van der Waals surface area (Å²) in [7, 11) is -2.98. The Kier molecular flexibility index (Phi) is 3.98. The first-order valence-electron chi connectivity index (χ1n) is 7.08. The van der Waals surface area contributed by atoms with Crippen LogP contribution in [-0.4, -0.2) is 41.4 Å². The van der Waals surface area contributed by atoms with Crippen LogP contribution in [0.25, 0.3) is 0 Å². The summed E-state index contributed by atoms with van der Waals surface area (Å²) in [4.78, 5) is 16.1. The molecule has 2 heterocycles. The molecule has 1 fully saturated rings.